The van der Waals surface area contributed by atoms with Crippen molar-refractivity contribution in [1.82, 2.24) is 5.01 Å². The zero-order valence-electron chi connectivity index (χ0n) is 8.71. The number of quaternary nitrogens is 1. The Hall–Kier alpha value is -0.120. The summed E-state index contributed by atoms with van der Waals surface area (Å²) in [5, 5.41) is 2.47. The summed E-state index contributed by atoms with van der Waals surface area (Å²) in [6, 6.07) is 0. The lowest BCUT2D eigenvalue weighted by atomic mass is 10.1. The third-order valence-corrected chi connectivity index (χ3v) is 2.60. The fourth-order valence-corrected chi connectivity index (χ4v) is 1.68. The van der Waals surface area contributed by atoms with Gasteiger partial charge in [0.2, 0.25) is 0 Å². The molecule has 0 bridgehead atoms. The van der Waals surface area contributed by atoms with E-state index in [0.29, 0.717) is 6.10 Å². The van der Waals surface area contributed by atoms with Gasteiger partial charge in [0, 0.05) is 20.2 Å². The van der Waals surface area contributed by atoms with Gasteiger partial charge in [-0.2, -0.15) is 5.01 Å². The van der Waals surface area contributed by atoms with Gasteiger partial charge in [0.1, 0.15) is 0 Å². The van der Waals surface area contributed by atoms with Gasteiger partial charge >= 0.3 is 0 Å². The Labute approximate surface area is 75.5 Å². The van der Waals surface area contributed by atoms with Gasteiger partial charge in [0.25, 0.3) is 0 Å². The second-order valence-corrected chi connectivity index (χ2v) is 4.33. The van der Waals surface area contributed by atoms with Crippen LogP contribution < -0.4 is 0 Å². The molecule has 0 aromatic carbocycles. The van der Waals surface area contributed by atoms with E-state index in [9.17, 15) is 0 Å². The summed E-state index contributed by atoms with van der Waals surface area (Å²) in [6.45, 7) is 2.31. The van der Waals surface area contributed by atoms with Crippen LogP contribution in [-0.2, 0) is 4.74 Å². The maximum absolute atomic E-state index is 5.32. The number of hydrogen-bond donors (Lipinski definition) is 0. The molecule has 0 saturated carbocycles. The van der Waals surface area contributed by atoms with Gasteiger partial charge in [-0.05, 0) is 12.8 Å². The highest BCUT2D eigenvalue weighted by molar-refractivity contribution is 4.67. The number of ether oxygens (including phenoxy) is 1. The molecule has 1 aliphatic rings. The Morgan fingerprint density at radius 2 is 1.67 bits per heavy atom. The molecule has 0 aromatic rings. The van der Waals surface area contributed by atoms with Crippen LogP contribution in [-0.4, -0.2) is 57.0 Å². The normalized spacial score (nSPS) is 23.0. The largest absolute Gasteiger partial charge is 0.381 e. The molecule has 3 heteroatoms. The van der Waals surface area contributed by atoms with Crippen molar-refractivity contribution in [1.29, 1.82) is 0 Å². The van der Waals surface area contributed by atoms with E-state index in [1.807, 2.05) is 7.11 Å². The first-order valence-electron chi connectivity index (χ1n) is 4.63. The molecule has 0 N–H and O–H groups in total. The summed E-state index contributed by atoms with van der Waals surface area (Å²) in [6.07, 6.45) is 2.84. The molecular formula is C9H21N2O+. The smallest absolute Gasteiger partial charge is 0.0855 e. The molecule has 1 rings (SSSR count). The zero-order chi connectivity index (χ0) is 9.19. The van der Waals surface area contributed by atoms with E-state index >= 15 is 0 Å². The van der Waals surface area contributed by atoms with Crippen molar-refractivity contribution < 1.29 is 9.33 Å². The van der Waals surface area contributed by atoms with E-state index in [1.165, 1.54) is 12.8 Å². The molecule has 0 aliphatic carbocycles. The first-order valence-corrected chi connectivity index (χ1v) is 4.63. The van der Waals surface area contributed by atoms with Gasteiger partial charge in [0.05, 0.1) is 27.2 Å². The standard InChI is InChI=1S/C9H21N2O/c1-11(2,3)10-7-5-9(12-4)6-8-10/h9H,5-8H2,1-4H3/q+1. The number of piperidine rings is 1. The average molecular weight is 173 g/mol. The van der Waals surface area contributed by atoms with Crippen molar-refractivity contribution in [3.8, 4) is 0 Å². The summed E-state index contributed by atoms with van der Waals surface area (Å²) in [7, 11) is 8.46. The Bertz CT molecular complexity index is 134. The molecule has 12 heavy (non-hydrogen) atoms. The van der Waals surface area contributed by atoms with E-state index in [1.54, 1.807) is 0 Å². The summed E-state index contributed by atoms with van der Waals surface area (Å²) >= 11 is 0. The Kier molecular flexibility index (Phi) is 3.09. The molecule has 1 fully saturated rings. The van der Waals surface area contributed by atoms with Gasteiger partial charge in [0.15, 0.2) is 0 Å². The monoisotopic (exact) mass is 173 g/mol. The molecule has 1 heterocycles. The van der Waals surface area contributed by atoms with E-state index in [-0.39, 0.29) is 0 Å². The van der Waals surface area contributed by atoms with Gasteiger partial charge < -0.3 is 4.74 Å². The van der Waals surface area contributed by atoms with Crippen molar-refractivity contribution in [2.75, 3.05) is 41.3 Å². The van der Waals surface area contributed by atoms with E-state index in [0.717, 1.165) is 17.7 Å². The minimum atomic E-state index is 0.493. The van der Waals surface area contributed by atoms with Gasteiger partial charge in [-0.25, -0.2) is 0 Å². The molecule has 1 saturated heterocycles. The van der Waals surface area contributed by atoms with E-state index in [2.05, 4.69) is 26.2 Å². The predicted octanol–water partition coefficient (Wildman–Crippen LogP) is 0.718. The minimum absolute atomic E-state index is 0.493. The first kappa shape index (κ1) is 9.96. The molecular weight excluding hydrogens is 152 g/mol. The van der Waals surface area contributed by atoms with Crippen LogP contribution in [0.15, 0.2) is 0 Å². The van der Waals surface area contributed by atoms with Crippen LogP contribution in [0.5, 0.6) is 0 Å². The number of rotatable bonds is 2. The predicted molar refractivity (Wildman–Crippen MR) is 49.6 cm³/mol. The Morgan fingerprint density at radius 1 is 1.17 bits per heavy atom. The van der Waals surface area contributed by atoms with E-state index < -0.39 is 0 Å². The quantitative estimate of drug-likeness (QED) is 0.570. The third-order valence-electron chi connectivity index (χ3n) is 2.60. The lowest BCUT2D eigenvalue weighted by Gasteiger charge is -2.40. The molecule has 0 radical (unpaired) electrons. The molecule has 3 nitrogen and oxygen atoms in total. The second-order valence-electron chi connectivity index (χ2n) is 4.33. The zero-order valence-corrected chi connectivity index (χ0v) is 8.71. The fraction of sp³-hybridized carbons (Fsp3) is 1.00. The summed E-state index contributed by atoms with van der Waals surface area (Å²) in [5.74, 6) is 0. The molecule has 0 amide bonds. The van der Waals surface area contributed by atoms with Crippen molar-refractivity contribution in [3.05, 3.63) is 0 Å². The van der Waals surface area contributed by atoms with Crippen LogP contribution in [0.3, 0.4) is 0 Å². The topological polar surface area (TPSA) is 12.5 Å². The van der Waals surface area contributed by atoms with Crippen LogP contribution >= 0.6 is 0 Å². The number of methoxy groups -OCH3 is 1. The fourth-order valence-electron chi connectivity index (χ4n) is 1.68. The lowest BCUT2D eigenvalue weighted by molar-refractivity contribution is -0.987. The average Bonchev–Trinajstić information content (AvgIpc) is 2.03. The van der Waals surface area contributed by atoms with E-state index in [4.69, 9.17) is 4.74 Å². The SMILES string of the molecule is COC1CCN([N+](C)(C)C)CC1. The Morgan fingerprint density at radius 3 is 2.00 bits per heavy atom. The first-order chi connectivity index (χ1) is 5.54. The highest BCUT2D eigenvalue weighted by Gasteiger charge is 2.26. The second kappa shape index (κ2) is 3.73. The maximum atomic E-state index is 5.32. The number of nitrogens with zero attached hydrogens (tertiary/aromatic N) is 2. The Balaban J connectivity index is 2.36. The minimum Gasteiger partial charge on any atom is -0.381 e. The lowest BCUT2D eigenvalue weighted by Crippen LogP contribution is -2.55. The number of hydrogen-bond acceptors (Lipinski definition) is 2. The summed E-state index contributed by atoms with van der Waals surface area (Å²) in [5.41, 5.74) is 0. The van der Waals surface area contributed by atoms with Gasteiger partial charge in [-0.1, -0.05) is 0 Å². The molecule has 0 unspecified atom stereocenters. The van der Waals surface area contributed by atoms with Crippen LogP contribution in [0.25, 0.3) is 0 Å². The van der Waals surface area contributed by atoms with Crippen molar-refractivity contribution in [3.63, 3.8) is 0 Å². The molecule has 0 aromatic heterocycles. The van der Waals surface area contributed by atoms with Gasteiger partial charge in [-0.3, -0.25) is 4.59 Å². The molecule has 1 aliphatic heterocycles. The highest BCUT2D eigenvalue weighted by Crippen LogP contribution is 2.15. The summed E-state index contributed by atoms with van der Waals surface area (Å²) < 4.78 is 6.26. The van der Waals surface area contributed by atoms with Crippen LogP contribution in [0.1, 0.15) is 12.8 Å². The van der Waals surface area contributed by atoms with Crippen LogP contribution in [0.4, 0.5) is 0 Å². The van der Waals surface area contributed by atoms with Crippen molar-refractivity contribution in [2.24, 2.45) is 0 Å². The third kappa shape index (κ3) is 2.44. The van der Waals surface area contributed by atoms with Crippen LogP contribution in [0.2, 0.25) is 0 Å². The van der Waals surface area contributed by atoms with Crippen molar-refractivity contribution in [2.45, 2.75) is 18.9 Å². The van der Waals surface area contributed by atoms with Crippen molar-refractivity contribution >= 4 is 0 Å². The highest BCUT2D eigenvalue weighted by atomic mass is 16.5. The molecule has 72 valence electrons. The maximum Gasteiger partial charge on any atom is 0.0855 e. The summed E-state index contributed by atoms with van der Waals surface area (Å²) in [4.78, 5) is 0. The molecule has 0 atom stereocenters. The molecule has 0 spiro atoms. The van der Waals surface area contributed by atoms with Crippen LogP contribution in [0, 0.1) is 0 Å². The van der Waals surface area contributed by atoms with Gasteiger partial charge in [-0.15, -0.1) is 0 Å².